The zero-order valence-electron chi connectivity index (χ0n) is 17.6. The molecule has 0 saturated carbocycles. The fourth-order valence-corrected chi connectivity index (χ4v) is 3.32. The van der Waals surface area contributed by atoms with Gasteiger partial charge in [-0.2, -0.15) is 0 Å². The summed E-state index contributed by atoms with van der Waals surface area (Å²) in [6, 6.07) is 7.20. The number of esters is 1. The Kier molecular flexibility index (Phi) is 14.5. The molecule has 0 aliphatic carbocycles. The van der Waals surface area contributed by atoms with Crippen molar-refractivity contribution in [1.82, 2.24) is 0 Å². The summed E-state index contributed by atoms with van der Waals surface area (Å²) in [7, 11) is 1.39. The van der Waals surface area contributed by atoms with Crippen LogP contribution in [0.5, 0.6) is 5.75 Å². The van der Waals surface area contributed by atoms with Crippen LogP contribution in [0.2, 0.25) is 0 Å². The first-order valence-corrected chi connectivity index (χ1v) is 11.1. The van der Waals surface area contributed by atoms with Gasteiger partial charge in [0.15, 0.2) is 0 Å². The van der Waals surface area contributed by atoms with Gasteiger partial charge in [0, 0.05) is 0 Å². The van der Waals surface area contributed by atoms with E-state index in [0.717, 1.165) is 12.2 Å². The van der Waals surface area contributed by atoms with Gasteiger partial charge in [-0.15, -0.1) is 0 Å². The van der Waals surface area contributed by atoms with E-state index in [4.69, 9.17) is 9.47 Å². The molecule has 1 aromatic rings. The fourth-order valence-electron chi connectivity index (χ4n) is 3.32. The maximum atomic E-state index is 11.5. The molecule has 3 nitrogen and oxygen atoms in total. The van der Waals surface area contributed by atoms with Crippen molar-refractivity contribution in [3.05, 3.63) is 29.8 Å². The summed E-state index contributed by atoms with van der Waals surface area (Å²) in [5.41, 5.74) is 0.538. The van der Waals surface area contributed by atoms with Crippen molar-refractivity contribution in [2.75, 3.05) is 13.7 Å². The molecule has 0 atom stereocenters. The molecule has 0 bridgehead atoms. The second kappa shape index (κ2) is 16.6. The quantitative estimate of drug-likeness (QED) is 0.211. The van der Waals surface area contributed by atoms with Gasteiger partial charge in [0.1, 0.15) is 5.75 Å². The number of carbonyl (C=O) groups excluding carboxylic acids is 1. The molecule has 0 heterocycles. The molecule has 0 amide bonds. The van der Waals surface area contributed by atoms with Crippen LogP contribution >= 0.6 is 0 Å². The second-order valence-corrected chi connectivity index (χ2v) is 7.46. The number of ether oxygens (including phenoxy) is 2. The number of methoxy groups -OCH3 is 1. The van der Waals surface area contributed by atoms with E-state index in [9.17, 15) is 4.79 Å². The molecule has 27 heavy (non-hydrogen) atoms. The molecule has 0 spiro atoms. The SMILES string of the molecule is CCCCCCCCCCCCCCCCOc1cccc(C(=O)OC)c1. The van der Waals surface area contributed by atoms with E-state index in [0.29, 0.717) is 12.2 Å². The highest BCUT2D eigenvalue weighted by Crippen LogP contribution is 2.16. The predicted molar refractivity (Wildman–Crippen MR) is 114 cm³/mol. The maximum absolute atomic E-state index is 11.5. The van der Waals surface area contributed by atoms with Crippen LogP contribution in [0.1, 0.15) is 107 Å². The van der Waals surface area contributed by atoms with Crippen molar-refractivity contribution in [3.63, 3.8) is 0 Å². The van der Waals surface area contributed by atoms with E-state index >= 15 is 0 Å². The van der Waals surface area contributed by atoms with Crippen LogP contribution in [0.15, 0.2) is 24.3 Å². The first-order chi connectivity index (χ1) is 13.3. The third kappa shape index (κ3) is 12.5. The van der Waals surface area contributed by atoms with Crippen molar-refractivity contribution in [1.29, 1.82) is 0 Å². The van der Waals surface area contributed by atoms with Gasteiger partial charge in [-0.05, 0) is 24.6 Å². The Hall–Kier alpha value is -1.51. The topological polar surface area (TPSA) is 35.5 Å². The van der Waals surface area contributed by atoms with Crippen LogP contribution in [-0.4, -0.2) is 19.7 Å². The van der Waals surface area contributed by atoms with Crippen molar-refractivity contribution in [3.8, 4) is 5.75 Å². The summed E-state index contributed by atoms with van der Waals surface area (Å²) in [5, 5.41) is 0. The Labute approximate surface area is 166 Å². The number of unbranched alkanes of at least 4 members (excludes halogenated alkanes) is 13. The first-order valence-electron chi connectivity index (χ1n) is 11.1. The molecule has 0 aliphatic heterocycles. The lowest BCUT2D eigenvalue weighted by Gasteiger charge is -2.07. The summed E-state index contributed by atoms with van der Waals surface area (Å²) in [4.78, 5) is 11.5. The van der Waals surface area contributed by atoms with Gasteiger partial charge in [0.25, 0.3) is 0 Å². The van der Waals surface area contributed by atoms with Gasteiger partial charge in [-0.3, -0.25) is 0 Å². The lowest BCUT2D eigenvalue weighted by Crippen LogP contribution is -2.02. The molecule has 0 aliphatic rings. The average Bonchev–Trinajstić information content (AvgIpc) is 2.70. The normalized spacial score (nSPS) is 10.7. The molecule has 0 unspecified atom stereocenters. The highest BCUT2D eigenvalue weighted by atomic mass is 16.5. The van der Waals surface area contributed by atoms with Gasteiger partial charge in [-0.25, -0.2) is 4.79 Å². The van der Waals surface area contributed by atoms with Crippen LogP contribution in [0.4, 0.5) is 0 Å². The Bertz CT molecular complexity index is 484. The van der Waals surface area contributed by atoms with Crippen molar-refractivity contribution >= 4 is 5.97 Å². The Morgan fingerprint density at radius 1 is 0.778 bits per heavy atom. The lowest BCUT2D eigenvalue weighted by molar-refractivity contribution is 0.0600. The molecule has 0 saturated heterocycles. The first kappa shape index (κ1) is 23.5. The summed E-state index contributed by atoms with van der Waals surface area (Å²) < 4.78 is 10.5. The van der Waals surface area contributed by atoms with Crippen LogP contribution < -0.4 is 4.74 Å². The number of hydrogen-bond acceptors (Lipinski definition) is 3. The average molecular weight is 377 g/mol. The Morgan fingerprint density at radius 3 is 1.81 bits per heavy atom. The number of benzene rings is 1. The lowest BCUT2D eigenvalue weighted by atomic mass is 10.0. The minimum absolute atomic E-state index is 0.322. The van der Waals surface area contributed by atoms with Crippen molar-refractivity contribution < 1.29 is 14.3 Å². The highest BCUT2D eigenvalue weighted by Gasteiger charge is 2.05. The van der Waals surface area contributed by atoms with E-state index in [1.54, 1.807) is 12.1 Å². The smallest absolute Gasteiger partial charge is 0.337 e. The molecule has 0 N–H and O–H groups in total. The van der Waals surface area contributed by atoms with Crippen LogP contribution in [0.25, 0.3) is 0 Å². The summed E-state index contributed by atoms with van der Waals surface area (Å²) >= 11 is 0. The van der Waals surface area contributed by atoms with E-state index < -0.39 is 0 Å². The fraction of sp³-hybridized carbons (Fsp3) is 0.708. The molecule has 1 rings (SSSR count). The molecular weight excluding hydrogens is 336 g/mol. The minimum atomic E-state index is -0.322. The van der Waals surface area contributed by atoms with E-state index in [1.807, 2.05) is 12.1 Å². The third-order valence-corrected chi connectivity index (χ3v) is 5.02. The molecule has 0 fully saturated rings. The number of hydrogen-bond donors (Lipinski definition) is 0. The zero-order valence-corrected chi connectivity index (χ0v) is 17.6. The van der Waals surface area contributed by atoms with Crippen LogP contribution in [-0.2, 0) is 4.74 Å². The Morgan fingerprint density at radius 2 is 1.30 bits per heavy atom. The van der Waals surface area contributed by atoms with Gasteiger partial charge in [-0.1, -0.05) is 96.5 Å². The van der Waals surface area contributed by atoms with E-state index in [-0.39, 0.29) is 5.97 Å². The zero-order chi connectivity index (χ0) is 19.6. The molecule has 1 aromatic carbocycles. The van der Waals surface area contributed by atoms with Crippen LogP contribution in [0.3, 0.4) is 0 Å². The van der Waals surface area contributed by atoms with Gasteiger partial charge < -0.3 is 9.47 Å². The largest absolute Gasteiger partial charge is 0.494 e. The van der Waals surface area contributed by atoms with E-state index in [2.05, 4.69) is 6.92 Å². The Balaban J connectivity index is 1.89. The standard InChI is InChI=1S/C24H40O3/c1-3-4-5-6-7-8-9-10-11-12-13-14-15-16-20-27-23-19-17-18-22(21-23)24(25)26-2/h17-19,21H,3-16,20H2,1-2H3. The van der Waals surface area contributed by atoms with E-state index in [1.165, 1.54) is 90.6 Å². The molecular formula is C24H40O3. The summed E-state index contributed by atoms with van der Waals surface area (Å²) in [6.07, 6.45) is 19.0. The van der Waals surface area contributed by atoms with Gasteiger partial charge >= 0.3 is 5.97 Å². The third-order valence-electron chi connectivity index (χ3n) is 5.02. The minimum Gasteiger partial charge on any atom is -0.494 e. The molecule has 0 aromatic heterocycles. The van der Waals surface area contributed by atoms with Crippen molar-refractivity contribution in [2.45, 2.75) is 96.8 Å². The molecule has 154 valence electrons. The van der Waals surface area contributed by atoms with Crippen molar-refractivity contribution in [2.24, 2.45) is 0 Å². The van der Waals surface area contributed by atoms with Gasteiger partial charge in [0.05, 0.1) is 19.3 Å². The summed E-state index contributed by atoms with van der Waals surface area (Å²) in [5.74, 6) is 0.421. The monoisotopic (exact) mass is 376 g/mol. The summed E-state index contributed by atoms with van der Waals surface area (Å²) in [6.45, 7) is 2.99. The highest BCUT2D eigenvalue weighted by molar-refractivity contribution is 5.89. The second-order valence-electron chi connectivity index (χ2n) is 7.46. The molecule has 3 heteroatoms. The predicted octanol–water partition coefficient (Wildman–Crippen LogP) is 7.33. The molecule has 0 radical (unpaired) electrons. The number of rotatable bonds is 17. The maximum Gasteiger partial charge on any atom is 0.337 e. The van der Waals surface area contributed by atoms with Crippen LogP contribution in [0, 0.1) is 0 Å². The number of carbonyl (C=O) groups is 1. The van der Waals surface area contributed by atoms with Gasteiger partial charge in [0.2, 0.25) is 0 Å².